The minimum atomic E-state index is -3.66. The van der Waals surface area contributed by atoms with Gasteiger partial charge in [-0.05, 0) is 67.4 Å². The van der Waals surface area contributed by atoms with Gasteiger partial charge in [-0.25, -0.2) is 8.42 Å². The second-order valence-electron chi connectivity index (χ2n) is 6.88. The Hall–Kier alpha value is -3.32. The van der Waals surface area contributed by atoms with Crippen LogP contribution >= 0.6 is 0 Å². The number of sulfonamides is 1. The third-order valence-corrected chi connectivity index (χ3v) is 6.81. The van der Waals surface area contributed by atoms with Crippen LogP contribution in [0.2, 0.25) is 0 Å². The van der Waals surface area contributed by atoms with Gasteiger partial charge in [0.25, 0.3) is 15.9 Å². The molecule has 0 aliphatic carbocycles. The van der Waals surface area contributed by atoms with Crippen LogP contribution in [0.4, 0.5) is 5.69 Å². The molecule has 0 saturated heterocycles. The van der Waals surface area contributed by atoms with Crippen LogP contribution < -0.4 is 14.4 Å². The fraction of sp³-hybridized carbons (Fsp3) is 0.208. The standard InChI is InChI=1S/C24H26N2O4S/c1-3-26(31(28,29)23-7-5-4-6-8-23)21-13-11-20(12-14-21)24(27)25-18-17-19-9-15-22(30-2)16-10-19/h4-16H,3,17-18H2,1-2H3,(H,25,27). The number of benzene rings is 3. The number of amides is 1. The summed E-state index contributed by atoms with van der Waals surface area (Å²) in [6, 6.07) is 22.6. The molecule has 6 nitrogen and oxygen atoms in total. The van der Waals surface area contributed by atoms with E-state index in [2.05, 4.69) is 5.32 Å². The van der Waals surface area contributed by atoms with Crippen LogP contribution in [0.25, 0.3) is 0 Å². The first-order chi connectivity index (χ1) is 15.0. The lowest BCUT2D eigenvalue weighted by Crippen LogP contribution is -2.31. The molecule has 31 heavy (non-hydrogen) atoms. The SMILES string of the molecule is CCN(c1ccc(C(=O)NCCc2ccc(OC)cc2)cc1)S(=O)(=O)c1ccccc1. The van der Waals surface area contributed by atoms with Crippen LogP contribution in [0.15, 0.2) is 83.8 Å². The van der Waals surface area contributed by atoms with Crippen molar-refractivity contribution in [3.8, 4) is 5.75 Å². The smallest absolute Gasteiger partial charge is 0.264 e. The zero-order valence-electron chi connectivity index (χ0n) is 17.6. The molecule has 0 radical (unpaired) electrons. The van der Waals surface area contributed by atoms with E-state index in [1.807, 2.05) is 24.3 Å². The first kappa shape index (κ1) is 22.4. The summed E-state index contributed by atoms with van der Waals surface area (Å²) in [4.78, 5) is 12.7. The molecule has 0 atom stereocenters. The predicted molar refractivity (Wildman–Crippen MR) is 122 cm³/mol. The highest BCUT2D eigenvalue weighted by atomic mass is 32.2. The third kappa shape index (κ3) is 5.44. The second-order valence-corrected chi connectivity index (χ2v) is 8.75. The van der Waals surface area contributed by atoms with Crippen molar-refractivity contribution in [3.63, 3.8) is 0 Å². The number of nitrogens with zero attached hydrogens (tertiary/aromatic N) is 1. The minimum Gasteiger partial charge on any atom is -0.497 e. The van der Waals surface area contributed by atoms with Gasteiger partial charge in [-0.2, -0.15) is 0 Å². The topological polar surface area (TPSA) is 75.7 Å². The summed E-state index contributed by atoms with van der Waals surface area (Å²) in [5.41, 5.74) is 2.09. The summed E-state index contributed by atoms with van der Waals surface area (Å²) in [7, 11) is -2.04. The molecule has 0 aliphatic rings. The van der Waals surface area contributed by atoms with E-state index in [4.69, 9.17) is 4.74 Å². The van der Waals surface area contributed by atoms with Crippen molar-refractivity contribution in [3.05, 3.63) is 90.0 Å². The van der Waals surface area contributed by atoms with Gasteiger partial charge >= 0.3 is 0 Å². The Kier molecular flexibility index (Phi) is 7.31. The van der Waals surface area contributed by atoms with Crippen LogP contribution in [0.1, 0.15) is 22.8 Å². The maximum atomic E-state index is 12.9. The number of hydrogen-bond acceptors (Lipinski definition) is 4. The Morgan fingerprint density at radius 3 is 2.16 bits per heavy atom. The Morgan fingerprint density at radius 2 is 1.58 bits per heavy atom. The summed E-state index contributed by atoms with van der Waals surface area (Å²) in [5.74, 6) is 0.595. The number of hydrogen-bond donors (Lipinski definition) is 1. The molecule has 3 aromatic carbocycles. The zero-order valence-corrected chi connectivity index (χ0v) is 18.4. The van der Waals surface area contributed by atoms with Gasteiger partial charge < -0.3 is 10.1 Å². The number of ether oxygens (including phenoxy) is 1. The van der Waals surface area contributed by atoms with Crippen LogP contribution in [0.3, 0.4) is 0 Å². The lowest BCUT2D eigenvalue weighted by molar-refractivity contribution is 0.0954. The van der Waals surface area contributed by atoms with Gasteiger partial charge in [-0.15, -0.1) is 0 Å². The zero-order chi connectivity index (χ0) is 22.3. The van der Waals surface area contributed by atoms with Gasteiger partial charge in [-0.1, -0.05) is 30.3 Å². The number of nitrogens with one attached hydrogen (secondary N) is 1. The summed E-state index contributed by atoms with van der Waals surface area (Å²) >= 11 is 0. The van der Waals surface area contributed by atoms with E-state index in [9.17, 15) is 13.2 Å². The monoisotopic (exact) mass is 438 g/mol. The number of rotatable bonds is 9. The minimum absolute atomic E-state index is 0.200. The maximum Gasteiger partial charge on any atom is 0.264 e. The molecular formula is C24H26N2O4S. The van der Waals surface area contributed by atoms with Crippen molar-refractivity contribution >= 4 is 21.6 Å². The van der Waals surface area contributed by atoms with E-state index in [0.29, 0.717) is 24.2 Å². The lowest BCUT2D eigenvalue weighted by atomic mass is 10.1. The summed E-state index contributed by atoms with van der Waals surface area (Å²) < 4.78 is 32.3. The molecule has 3 aromatic rings. The van der Waals surface area contributed by atoms with E-state index >= 15 is 0 Å². The van der Waals surface area contributed by atoms with Gasteiger partial charge in [0.2, 0.25) is 0 Å². The molecule has 0 spiro atoms. The van der Waals surface area contributed by atoms with E-state index < -0.39 is 10.0 Å². The van der Waals surface area contributed by atoms with Crippen molar-refractivity contribution in [1.82, 2.24) is 5.32 Å². The van der Waals surface area contributed by atoms with E-state index in [-0.39, 0.29) is 17.3 Å². The van der Waals surface area contributed by atoms with Crippen LogP contribution in [0, 0.1) is 0 Å². The third-order valence-electron chi connectivity index (χ3n) is 4.89. The van der Waals surface area contributed by atoms with Gasteiger partial charge in [0.1, 0.15) is 5.75 Å². The first-order valence-corrected chi connectivity index (χ1v) is 11.5. The van der Waals surface area contributed by atoms with E-state index in [1.54, 1.807) is 68.6 Å². The van der Waals surface area contributed by atoms with Gasteiger partial charge in [0.15, 0.2) is 0 Å². The molecular weight excluding hydrogens is 412 g/mol. The molecule has 0 aliphatic heterocycles. The molecule has 0 heterocycles. The molecule has 1 N–H and O–H groups in total. The molecule has 7 heteroatoms. The number of methoxy groups -OCH3 is 1. The normalized spacial score (nSPS) is 11.0. The van der Waals surface area contributed by atoms with Crippen LogP contribution in [-0.4, -0.2) is 34.5 Å². The molecule has 0 unspecified atom stereocenters. The Balaban J connectivity index is 1.63. The lowest BCUT2D eigenvalue weighted by Gasteiger charge is -2.23. The highest BCUT2D eigenvalue weighted by molar-refractivity contribution is 7.92. The number of anilines is 1. The molecule has 162 valence electrons. The largest absolute Gasteiger partial charge is 0.497 e. The van der Waals surface area contributed by atoms with Crippen molar-refractivity contribution in [2.24, 2.45) is 0 Å². The van der Waals surface area contributed by atoms with Crippen molar-refractivity contribution in [2.75, 3.05) is 24.5 Å². The van der Waals surface area contributed by atoms with Crippen molar-refractivity contribution in [1.29, 1.82) is 0 Å². The molecule has 0 bridgehead atoms. The Labute approximate surface area is 183 Å². The maximum absolute atomic E-state index is 12.9. The highest BCUT2D eigenvalue weighted by Crippen LogP contribution is 2.23. The van der Waals surface area contributed by atoms with E-state index in [0.717, 1.165) is 11.3 Å². The van der Waals surface area contributed by atoms with Crippen molar-refractivity contribution in [2.45, 2.75) is 18.2 Å². The van der Waals surface area contributed by atoms with Gasteiger partial charge in [0, 0.05) is 18.7 Å². The van der Waals surface area contributed by atoms with Crippen LogP contribution in [0.5, 0.6) is 5.75 Å². The molecule has 1 amide bonds. The Bertz CT molecular complexity index is 1100. The average molecular weight is 439 g/mol. The quantitative estimate of drug-likeness (QED) is 0.550. The number of carbonyl (C=O) groups is 1. The first-order valence-electron chi connectivity index (χ1n) is 10.0. The fourth-order valence-corrected chi connectivity index (χ4v) is 4.70. The molecule has 0 aromatic heterocycles. The molecule has 0 fully saturated rings. The fourth-order valence-electron chi connectivity index (χ4n) is 3.20. The van der Waals surface area contributed by atoms with Gasteiger partial charge in [-0.3, -0.25) is 9.10 Å². The van der Waals surface area contributed by atoms with Gasteiger partial charge in [0.05, 0.1) is 17.7 Å². The Morgan fingerprint density at radius 1 is 0.935 bits per heavy atom. The predicted octanol–water partition coefficient (Wildman–Crippen LogP) is 3.88. The average Bonchev–Trinajstić information content (AvgIpc) is 2.81. The van der Waals surface area contributed by atoms with Crippen LogP contribution in [-0.2, 0) is 16.4 Å². The molecule has 0 saturated carbocycles. The number of carbonyl (C=O) groups excluding carboxylic acids is 1. The summed E-state index contributed by atoms with van der Waals surface area (Å²) in [5, 5.41) is 2.89. The second kappa shape index (κ2) is 10.1. The van der Waals surface area contributed by atoms with Crippen molar-refractivity contribution < 1.29 is 17.9 Å². The summed E-state index contributed by atoms with van der Waals surface area (Å²) in [6.45, 7) is 2.56. The summed E-state index contributed by atoms with van der Waals surface area (Å²) in [6.07, 6.45) is 0.701. The molecule has 3 rings (SSSR count). The van der Waals surface area contributed by atoms with E-state index in [1.165, 1.54) is 4.31 Å². The highest BCUT2D eigenvalue weighted by Gasteiger charge is 2.23.